The van der Waals surface area contributed by atoms with Gasteiger partial charge in [-0.05, 0) is 18.4 Å². The summed E-state index contributed by atoms with van der Waals surface area (Å²) in [5, 5.41) is 17.0. The van der Waals surface area contributed by atoms with Crippen molar-refractivity contribution in [2.75, 3.05) is 13.1 Å². The Kier molecular flexibility index (Phi) is 4.87. The van der Waals surface area contributed by atoms with Gasteiger partial charge in [0.15, 0.2) is 0 Å². The number of nitrogens with zero attached hydrogens (tertiary/aromatic N) is 4. The van der Waals surface area contributed by atoms with Gasteiger partial charge in [-0.2, -0.15) is 0 Å². The van der Waals surface area contributed by atoms with Crippen molar-refractivity contribution in [2.24, 2.45) is 0 Å². The number of amides is 1. The minimum absolute atomic E-state index is 0.0702. The fourth-order valence-electron chi connectivity index (χ4n) is 2.71. The van der Waals surface area contributed by atoms with Crippen LogP contribution in [0.3, 0.4) is 0 Å². The summed E-state index contributed by atoms with van der Waals surface area (Å²) in [6.45, 7) is 1.38. The molecular weight excluding hydrogens is 296 g/mol. The number of aromatic nitrogens is 3. The number of aliphatic hydroxyl groups is 1. The van der Waals surface area contributed by atoms with E-state index >= 15 is 0 Å². The first-order chi connectivity index (χ1) is 11.3. The maximum absolute atomic E-state index is 12.2. The molecule has 1 fully saturated rings. The molecule has 7 heteroatoms. The topological polar surface area (TPSA) is 80.5 Å². The second kappa shape index (κ2) is 7.23. The van der Waals surface area contributed by atoms with Gasteiger partial charge >= 0.3 is 6.09 Å². The number of likely N-dealkylation sites (tertiary alicyclic amines) is 1. The highest BCUT2D eigenvalue weighted by molar-refractivity contribution is 5.67. The molecule has 1 aliphatic rings. The van der Waals surface area contributed by atoms with Gasteiger partial charge in [-0.3, -0.25) is 0 Å². The van der Waals surface area contributed by atoms with E-state index in [0.29, 0.717) is 18.8 Å². The summed E-state index contributed by atoms with van der Waals surface area (Å²) in [7, 11) is 0. The number of ether oxygens (including phenoxy) is 1. The normalized spacial score (nSPS) is 18.0. The first kappa shape index (κ1) is 15.5. The molecule has 0 radical (unpaired) electrons. The molecule has 7 nitrogen and oxygen atoms in total. The molecule has 1 aliphatic heterocycles. The lowest BCUT2D eigenvalue weighted by Crippen LogP contribution is -2.41. The van der Waals surface area contributed by atoms with Gasteiger partial charge in [-0.25, -0.2) is 9.48 Å². The van der Waals surface area contributed by atoms with Gasteiger partial charge in [0, 0.05) is 13.1 Å². The molecule has 1 amide bonds. The van der Waals surface area contributed by atoms with E-state index in [1.807, 2.05) is 30.3 Å². The van der Waals surface area contributed by atoms with Crippen LogP contribution in [-0.2, 0) is 18.0 Å². The van der Waals surface area contributed by atoms with Crippen LogP contribution >= 0.6 is 0 Å². The predicted octanol–water partition coefficient (Wildman–Crippen LogP) is 1.74. The second-order valence-corrected chi connectivity index (χ2v) is 5.63. The van der Waals surface area contributed by atoms with Gasteiger partial charge in [-0.1, -0.05) is 35.5 Å². The van der Waals surface area contributed by atoms with Crippen molar-refractivity contribution in [2.45, 2.75) is 32.1 Å². The molecule has 0 spiro atoms. The molecular formula is C16H20N4O3. The number of hydrogen-bond donors (Lipinski definition) is 1. The molecule has 122 valence electrons. The summed E-state index contributed by atoms with van der Waals surface area (Å²) in [5.41, 5.74) is 1.51. The summed E-state index contributed by atoms with van der Waals surface area (Å²) in [5.74, 6) is 0. The lowest BCUT2D eigenvalue weighted by Gasteiger charge is -2.31. The van der Waals surface area contributed by atoms with Gasteiger partial charge in [0.25, 0.3) is 0 Å². The van der Waals surface area contributed by atoms with Gasteiger partial charge in [0.05, 0.1) is 18.8 Å². The summed E-state index contributed by atoms with van der Waals surface area (Å²) in [6, 6.07) is 9.70. The Bertz CT molecular complexity index is 644. The van der Waals surface area contributed by atoms with Crippen molar-refractivity contribution in [3.05, 3.63) is 47.8 Å². The number of carbonyl (C=O) groups excluding carboxylic acids is 1. The number of carbonyl (C=O) groups is 1. The molecule has 2 heterocycles. The molecule has 1 aromatic carbocycles. The largest absolute Gasteiger partial charge is 0.445 e. The minimum atomic E-state index is -0.305. The van der Waals surface area contributed by atoms with Crippen molar-refractivity contribution in [3.63, 3.8) is 0 Å². The highest BCUT2D eigenvalue weighted by Crippen LogP contribution is 2.21. The predicted molar refractivity (Wildman–Crippen MR) is 82.4 cm³/mol. The van der Waals surface area contributed by atoms with E-state index in [4.69, 9.17) is 9.84 Å². The average Bonchev–Trinajstić information content (AvgIpc) is 3.10. The second-order valence-electron chi connectivity index (χ2n) is 5.63. The van der Waals surface area contributed by atoms with E-state index in [-0.39, 0.29) is 25.3 Å². The molecule has 0 bridgehead atoms. The fraction of sp³-hybridized carbons (Fsp3) is 0.438. The van der Waals surface area contributed by atoms with E-state index in [1.165, 1.54) is 0 Å². The Morgan fingerprint density at radius 2 is 2.17 bits per heavy atom. The SMILES string of the molecule is O=C(OCc1ccccc1)N1CCCC(n2cc(CO)nn2)C1. The van der Waals surface area contributed by atoms with Crippen molar-refractivity contribution in [1.82, 2.24) is 19.9 Å². The highest BCUT2D eigenvalue weighted by atomic mass is 16.6. The number of aliphatic hydroxyl groups excluding tert-OH is 1. The molecule has 1 unspecified atom stereocenters. The van der Waals surface area contributed by atoms with Crippen LogP contribution in [0, 0.1) is 0 Å². The fourth-order valence-corrected chi connectivity index (χ4v) is 2.71. The zero-order valence-corrected chi connectivity index (χ0v) is 12.8. The van der Waals surface area contributed by atoms with Crippen LogP contribution < -0.4 is 0 Å². The molecule has 1 aromatic heterocycles. The zero-order valence-electron chi connectivity index (χ0n) is 12.8. The maximum atomic E-state index is 12.2. The van der Waals surface area contributed by atoms with Crippen LogP contribution in [0.4, 0.5) is 4.79 Å². The number of hydrogen-bond acceptors (Lipinski definition) is 5. The van der Waals surface area contributed by atoms with Gasteiger partial charge in [0.1, 0.15) is 12.3 Å². The Hall–Kier alpha value is -2.41. The van der Waals surface area contributed by atoms with Crippen molar-refractivity contribution in [3.8, 4) is 0 Å². The molecule has 1 N–H and O–H groups in total. The minimum Gasteiger partial charge on any atom is -0.445 e. The first-order valence-corrected chi connectivity index (χ1v) is 7.73. The van der Waals surface area contributed by atoms with E-state index in [1.54, 1.807) is 15.8 Å². The van der Waals surface area contributed by atoms with Crippen LogP contribution in [0.2, 0.25) is 0 Å². The van der Waals surface area contributed by atoms with Crippen LogP contribution in [0.25, 0.3) is 0 Å². The van der Waals surface area contributed by atoms with E-state index < -0.39 is 0 Å². The lowest BCUT2D eigenvalue weighted by molar-refractivity contribution is 0.0786. The summed E-state index contributed by atoms with van der Waals surface area (Å²) in [4.78, 5) is 13.9. The molecule has 2 aromatic rings. The Morgan fingerprint density at radius 1 is 1.35 bits per heavy atom. The third-order valence-corrected chi connectivity index (χ3v) is 3.95. The van der Waals surface area contributed by atoms with E-state index in [0.717, 1.165) is 18.4 Å². The zero-order chi connectivity index (χ0) is 16.1. The standard InChI is InChI=1S/C16H20N4O3/c21-11-14-9-20(18-17-14)15-7-4-8-19(10-15)16(22)23-12-13-5-2-1-3-6-13/h1-3,5-6,9,15,21H,4,7-8,10-12H2. The Labute approximate surface area is 134 Å². The summed E-state index contributed by atoms with van der Waals surface area (Å²) >= 11 is 0. The molecule has 3 rings (SSSR count). The number of rotatable bonds is 4. The first-order valence-electron chi connectivity index (χ1n) is 7.73. The van der Waals surface area contributed by atoms with Crippen LogP contribution in [0.1, 0.15) is 30.1 Å². The monoisotopic (exact) mass is 316 g/mol. The summed E-state index contributed by atoms with van der Waals surface area (Å²) < 4.78 is 7.10. The third kappa shape index (κ3) is 3.87. The highest BCUT2D eigenvalue weighted by Gasteiger charge is 2.26. The van der Waals surface area contributed by atoms with E-state index in [2.05, 4.69) is 10.3 Å². The molecule has 1 atom stereocenters. The molecule has 0 saturated carbocycles. The smallest absolute Gasteiger partial charge is 0.410 e. The lowest BCUT2D eigenvalue weighted by atomic mass is 10.1. The van der Waals surface area contributed by atoms with E-state index in [9.17, 15) is 4.79 Å². The number of benzene rings is 1. The van der Waals surface area contributed by atoms with Crippen LogP contribution in [-0.4, -0.2) is 44.2 Å². The average molecular weight is 316 g/mol. The molecule has 0 aliphatic carbocycles. The van der Waals surface area contributed by atoms with Crippen molar-refractivity contribution in [1.29, 1.82) is 0 Å². The van der Waals surface area contributed by atoms with Gasteiger partial charge in [-0.15, -0.1) is 5.10 Å². The van der Waals surface area contributed by atoms with Gasteiger partial charge < -0.3 is 14.7 Å². The van der Waals surface area contributed by atoms with Crippen molar-refractivity contribution >= 4 is 6.09 Å². The van der Waals surface area contributed by atoms with Crippen LogP contribution in [0.5, 0.6) is 0 Å². The Balaban J connectivity index is 1.56. The Morgan fingerprint density at radius 3 is 2.91 bits per heavy atom. The molecule has 1 saturated heterocycles. The third-order valence-electron chi connectivity index (χ3n) is 3.95. The van der Waals surface area contributed by atoms with Gasteiger partial charge in [0.2, 0.25) is 0 Å². The quantitative estimate of drug-likeness (QED) is 0.929. The van der Waals surface area contributed by atoms with Crippen molar-refractivity contribution < 1.29 is 14.6 Å². The van der Waals surface area contributed by atoms with Crippen LogP contribution in [0.15, 0.2) is 36.5 Å². The molecule has 23 heavy (non-hydrogen) atoms. The number of piperidine rings is 1. The maximum Gasteiger partial charge on any atom is 0.410 e. The summed E-state index contributed by atoms with van der Waals surface area (Å²) in [6.07, 6.45) is 3.24.